The average molecular weight is 441 g/mol. The number of amides is 1. The lowest BCUT2D eigenvalue weighted by Gasteiger charge is -2.34. The highest BCUT2D eigenvalue weighted by Gasteiger charge is 2.26. The van der Waals surface area contributed by atoms with Crippen LogP contribution in [0.4, 0.5) is 4.39 Å². The minimum Gasteiger partial charge on any atom is -0.494 e. The molecule has 1 saturated heterocycles. The SMILES string of the molecule is COc1ccc(CN2CCN(C(=O)c3occc3CSc3ccccc3)CC2)cc1F. The molecule has 0 aliphatic carbocycles. The van der Waals surface area contributed by atoms with Crippen LogP contribution in [-0.2, 0) is 12.3 Å². The molecule has 0 atom stereocenters. The summed E-state index contributed by atoms with van der Waals surface area (Å²) in [6, 6.07) is 17.0. The monoisotopic (exact) mass is 440 g/mol. The van der Waals surface area contributed by atoms with Crippen molar-refractivity contribution in [3.8, 4) is 5.75 Å². The van der Waals surface area contributed by atoms with E-state index in [9.17, 15) is 9.18 Å². The lowest BCUT2D eigenvalue weighted by atomic mass is 10.1. The quantitative estimate of drug-likeness (QED) is 0.500. The molecule has 7 heteroatoms. The van der Waals surface area contributed by atoms with Crippen LogP contribution in [0.3, 0.4) is 0 Å². The Labute approximate surface area is 185 Å². The Hall–Kier alpha value is -2.77. The fourth-order valence-corrected chi connectivity index (χ4v) is 4.53. The molecule has 4 rings (SSSR count). The molecule has 0 N–H and O–H groups in total. The highest BCUT2D eigenvalue weighted by Crippen LogP contribution is 2.26. The third kappa shape index (κ3) is 5.29. The smallest absolute Gasteiger partial charge is 0.289 e. The Kier molecular flexibility index (Phi) is 6.94. The minimum absolute atomic E-state index is 0.0659. The minimum atomic E-state index is -0.354. The summed E-state index contributed by atoms with van der Waals surface area (Å²) in [5.41, 5.74) is 1.80. The molecule has 5 nitrogen and oxygen atoms in total. The van der Waals surface area contributed by atoms with E-state index in [1.165, 1.54) is 13.2 Å². The number of methoxy groups -OCH3 is 1. The molecular formula is C24H25FN2O3S. The van der Waals surface area contributed by atoms with E-state index in [1.807, 2.05) is 35.2 Å². The van der Waals surface area contributed by atoms with Gasteiger partial charge in [-0.1, -0.05) is 24.3 Å². The number of benzene rings is 2. The summed E-state index contributed by atoms with van der Waals surface area (Å²) < 4.78 is 24.5. The lowest BCUT2D eigenvalue weighted by Crippen LogP contribution is -2.48. The standard InChI is InChI=1S/C24H25FN2O3S/c1-29-22-8-7-18(15-21(22)25)16-26-10-12-27(13-11-26)24(28)23-19(9-14-30-23)17-31-20-5-3-2-4-6-20/h2-9,14-15H,10-13,16-17H2,1H3. The van der Waals surface area contributed by atoms with Crippen LogP contribution in [-0.4, -0.2) is 49.0 Å². The van der Waals surface area contributed by atoms with Gasteiger partial charge in [-0.15, -0.1) is 11.8 Å². The second-order valence-corrected chi connectivity index (χ2v) is 8.46. The molecule has 0 unspecified atom stereocenters. The molecule has 0 radical (unpaired) electrons. The van der Waals surface area contributed by atoms with Crippen LogP contribution >= 0.6 is 11.8 Å². The van der Waals surface area contributed by atoms with Crippen LogP contribution in [0, 0.1) is 5.82 Å². The third-order valence-electron chi connectivity index (χ3n) is 5.36. The van der Waals surface area contributed by atoms with E-state index < -0.39 is 0 Å². The Morgan fingerprint density at radius 1 is 1.10 bits per heavy atom. The number of carbonyl (C=O) groups is 1. The van der Waals surface area contributed by atoms with E-state index >= 15 is 0 Å². The molecule has 1 amide bonds. The van der Waals surface area contributed by atoms with E-state index in [-0.39, 0.29) is 17.5 Å². The predicted molar refractivity (Wildman–Crippen MR) is 119 cm³/mol. The topological polar surface area (TPSA) is 45.9 Å². The normalized spacial score (nSPS) is 14.6. The van der Waals surface area contributed by atoms with Crippen LogP contribution in [0.5, 0.6) is 5.75 Å². The number of piperazine rings is 1. The van der Waals surface area contributed by atoms with Gasteiger partial charge in [-0.05, 0) is 35.9 Å². The summed E-state index contributed by atoms with van der Waals surface area (Å²) in [7, 11) is 1.46. The van der Waals surface area contributed by atoms with Crippen molar-refractivity contribution < 1.29 is 18.3 Å². The van der Waals surface area contributed by atoms with E-state index in [4.69, 9.17) is 9.15 Å². The van der Waals surface area contributed by atoms with Gasteiger partial charge < -0.3 is 14.1 Å². The molecule has 0 bridgehead atoms. The van der Waals surface area contributed by atoms with Crippen molar-refractivity contribution in [3.63, 3.8) is 0 Å². The van der Waals surface area contributed by atoms with Gasteiger partial charge in [-0.2, -0.15) is 0 Å². The molecule has 1 aliphatic heterocycles. The first-order chi connectivity index (χ1) is 15.1. The Balaban J connectivity index is 1.31. The van der Waals surface area contributed by atoms with Crippen LogP contribution in [0.15, 0.2) is 70.2 Å². The van der Waals surface area contributed by atoms with Gasteiger partial charge in [0.2, 0.25) is 0 Å². The fraction of sp³-hybridized carbons (Fsp3) is 0.292. The maximum absolute atomic E-state index is 13.9. The zero-order valence-corrected chi connectivity index (χ0v) is 18.2. The number of carbonyl (C=O) groups excluding carboxylic acids is 1. The molecule has 1 fully saturated rings. The number of hydrogen-bond donors (Lipinski definition) is 0. The zero-order valence-electron chi connectivity index (χ0n) is 17.4. The van der Waals surface area contributed by atoms with Crippen molar-refractivity contribution in [3.05, 3.63) is 83.6 Å². The number of nitrogens with zero attached hydrogens (tertiary/aromatic N) is 2. The fourth-order valence-electron chi connectivity index (χ4n) is 3.63. The van der Waals surface area contributed by atoms with Gasteiger partial charge in [-0.3, -0.25) is 9.69 Å². The summed E-state index contributed by atoms with van der Waals surface area (Å²) in [6.07, 6.45) is 1.59. The number of hydrogen-bond acceptors (Lipinski definition) is 5. The molecule has 1 aliphatic rings. The van der Waals surface area contributed by atoms with Gasteiger partial charge in [0.05, 0.1) is 13.4 Å². The summed E-state index contributed by atoms with van der Waals surface area (Å²) in [4.78, 5) is 18.2. The summed E-state index contributed by atoms with van der Waals surface area (Å²) in [5.74, 6) is 0.939. The number of ether oxygens (including phenoxy) is 1. The molecule has 3 aromatic rings. The van der Waals surface area contributed by atoms with E-state index in [1.54, 1.807) is 24.1 Å². The van der Waals surface area contributed by atoms with Gasteiger partial charge in [0.1, 0.15) is 0 Å². The molecule has 2 heterocycles. The molecule has 162 valence electrons. The van der Waals surface area contributed by atoms with Gasteiger partial charge in [-0.25, -0.2) is 4.39 Å². The Bertz CT molecular complexity index is 1020. The van der Waals surface area contributed by atoms with Crippen molar-refractivity contribution >= 4 is 17.7 Å². The van der Waals surface area contributed by atoms with Crippen molar-refractivity contribution in [1.82, 2.24) is 9.80 Å². The molecule has 1 aromatic heterocycles. The van der Waals surface area contributed by atoms with E-state index in [0.29, 0.717) is 31.1 Å². The third-order valence-corrected chi connectivity index (χ3v) is 6.42. The van der Waals surface area contributed by atoms with E-state index in [0.717, 1.165) is 29.1 Å². The first-order valence-electron chi connectivity index (χ1n) is 10.2. The van der Waals surface area contributed by atoms with Crippen molar-refractivity contribution in [2.24, 2.45) is 0 Å². The van der Waals surface area contributed by atoms with Crippen molar-refractivity contribution in [2.45, 2.75) is 17.2 Å². The predicted octanol–water partition coefficient (Wildman–Crippen LogP) is 4.68. The van der Waals surface area contributed by atoms with Gasteiger partial charge >= 0.3 is 0 Å². The highest BCUT2D eigenvalue weighted by molar-refractivity contribution is 7.98. The lowest BCUT2D eigenvalue weighted by molar-refractivity contribution is 0.0596. The molecule has 0 saturated carbocycles. The number of halogens is 1. The number of furan rings is 1. The Morgan fingerprint density at radius 2 is 1.87 bits per heavy atom. The molecule has 31 heavy (non-hydrogen) atoms. The van der Waals surface area contributed by atoms with E-state index in [2.05, 4.69) is 17.0 Å². The number of rotatable bonds is 7. The number of thioether (sulfide) groups is 1. The second kappa shape index (κ2) is 10.0. The van der Waals surface area contributed by atoms with Gasteiger partial charge in [0, 0.05) is 48.9 Å². The van der Waals surface area contributed by atoms with Crippen LogP contribution in [0.1, 0.15) is 21.7 Å². The van der Waals surface area contributed by atoms with Crippen LogP contribution in [0.2, 0.25) is 0 Å². The van der Waals surface area contributed by atoms with Crippen LogP contribution in [0.25, 0.3) is 0 Å². The molecule has 2 aromatic carbocycles. The van der Waals surface area contributed by atoms with Crippen molar-refractivity contribution in [2.75, 3.05) is 33.3 Å². The first kappa shape index (κ1) is 21.5. The van der Waals surface area contributed by atoms with Gasteiger partial charge in [0.15, 0.2) is 17.3 Å². The second-order valence-electron chi connectivity index (χ2n) is 7.41. The maximum Gasteiger partial charge on any atom is 0.289 e. The molecule has 0 spiro atoms. The zero-order chi connectivity index (χ0) is 21.6. The van der Waals surface area contributed by atoms with Crippen LogP contribution < -0.4 is 4.74 Å². The first-order valence-corrected chi connectivity index (χ1v) is 11.2. The van der Waals surface area contributed by atoms with Gasteiger partial charge in [0.25, 0.3) is 5.91 Å². The summed E-state index contributed by atoms with van der Waals surface area (Å²) >= 11 is 1.68. The average Bonchev–Trinajstić information content (AvgIpc) is 3.27. The largest absolute Gasteiger partial charge is 0.494 e. The van der Waals surface area contributed by atoms with Crippen molar-refractivity contribution in [1.29, 1.82) is 0 Å². The highest BCUT2D eigenvalue weighted by atomic mass is 32.2. The maximum atomic E-state index is 13.9. The summed E-state index contributed by atoms with van der Waals surface area (Å²) in [5, 5.41) is 0. The molecular weight excluding hydrogens is 415 g/mol. The summed E-state index contributed by atoms with van der Waals surface area (Å²) in [6.45, 7) is 3.33. The Morgan fingerprint density at radius 3 is 2.58 bits per heavy atom.